The molecule has 94 valence electrons. The van der Waals surface area contributed by atoms with Crippen molar-refractivity contribution in [1.82, 2.24) is 25.1 Å². The molecule has 2 rings (SSSR count). The first-order valence-corrected chi connectivity index (χ1v) is 5.46. The average Bonchev–Trinajstić information content (AvgIpc) is 2.84. The van der Waals surface area contributed by atoms with Gasteiger partial charge in [0.25, 0.3) is 5.91 Å². The molecule has 0 aliphatic heterocycles. The monoisotopic (exact) mass is 266 g/mol. The van der Waals surface area contributed by atoms with E-state index in [1.165, 1.54) is 23.5 Å². The van der Waals surface area contributed by atoms with Gasteiger partial charge in [0.15, 0.2) is 0 Å². The molecule has 8 heteroatoms. The highest BCUT2D eigenvalue weighted by molar-refractivity contribution is 6.29. The van der Waals surface area contributed by atoms with Crippen LogP contribution in [0.2, 0.25) is 5.15 Å². The summed E-state index contributed by atoms with van der Waals surface area (Å²) < 4.78 is 0. The van der Waals surface area contributed by atoms with Gasteiger partial charge in [-0.15, -0.1) is 0 Å². The number of hydrogen-bond donors (Lipinski definition) is 2. The number of hydrogen-bond acceptors (Lipinski definition) is 5. The van der Waals surface area contributed by atoms with Crippen molar-refractivity contribution in [2.24, 2.45) is 0 Å². The minimum Gasteiger partial charge on any atom is -0.397 e. The topological polar surface area (TPSA) is 101 Å². The number of nitrogen functional groups attached to an aromatic ring is 1. The Balaban J connectivity index is 2.17. The van der Waals surface area contributed by atoms with Crippen LogP contribution < -0.4 is 5.73 Å². The van der Waals surface area contributed by atoms with Gasteiger partial charge in [-0.1, -0.05) is 11.6 Å². The Hall–Kier alpha value is -2.15. The second-order valence-electron chi connectivity index (χ2n) is 3.69. The Morgan fingerprint density at radius 3 is 3.00 bits per heavy atom. The highest BCUT2D eigenvalue weighted by atomic mass is 35.5. The molecule has 0 bridgehead atoms. The highest BCUT2D eigenvalue weighted by Gasteiger charge is 2.16. The molecule has 0 aliphatic carbocycles. The minimum absolute atomic E-state index is 0.223. The Kier molecular flexibility index (Phi) is 3.42. The second kappa shape index (κ2) is 5.01. The number of nitrogens with two attached hydrogens (primary N) is 1. The van der Waals surface area contributed by atoms with Crippen LogP contribution in [0.1, 0.15) is 16.2 Å². The van der Waals surface area contributed by atoms with Crippen LogP contribution in [0.4, 0.5) is 5.69 Å². The van der Waals surface area contributed by atoms with Crippen LogP contribution in [0.5, 0.6) is 0 Å². The molecule has 0 saturated heterocycles. The van der Waals surface area contributed by atoms with E-state index in [0.717, 1.165) is 0 Å². The fourth-order valence-electron chi connectivity index (χ4n) is 1.43. The van der Waals surface area contributed by atoms with E-state index in [-0.39, 0.29) is 16.7 Å². The van der Waals surface area contributed by atoms with E-state index in [0.29, 0.717) is 17.9 Å². The van der Waals surface area contributed by atoms with Crippen molar-refractivity contribution < 1.29 is 4.79 Å². The molecule has 2 aromatic heterocycles. The van der Waals surface area contributed by atoms with Crippen molar-refractivity contribution in [3.8, 4) is 0 Å². The van der Waals surface area contributed by atoms with Gasteiger partial charge in [0.05, 0.1) is 24.0 Å². The summed E-state index contributed by atoms with van der Waals surface area (Å²) in [5.74, 6) is 0.331. The third-order valence-corrected chi connectivity index (χ3v) is 2.54. The Labute approximate surface area is 108 Å². The van der Waals surface area contributed by atoms with Crippen molar-refractivity contribution >= 4 is 23.2 Å². The largest absolute Gasteiger partial charge is 0.397 e. The van der Waals surface area contributed by atoms with Crippen LogP contribution >= 0.6 is 11.6 Å². The summed E-state index contributed by atoms with van der Waals surface area (Å²) in [6, 6.07) is 1.44. The molecule has 0 radical (unpaired) electrons. The van der Waals surface area contributed by atoms with Crippen LogP contribution in [-0.4, -0.2) is 38.0 Å². The molecule has 2 aromatic rings. The van der Waals surface area contributed by atoms with E-state index >= 15 is 0 Å². The maximum absolute atomic E-state index is 12.1. The first-order valence-electron chi connectivity index (χ1n) is 5.08. The molecule has 0 fully saturated rings. The summed E-state index contributed by atoms with van der Waals surface area (Å²) in [7, 11) is 1.64. The van der Waals surface area contributed by atoms with E-state index in [4.69, 9.17) is 17.3 Å². The zero-order valence-electron chi connectivity index (χ0n) is 9.59. The number of rotatable bonds is 3. The van der Waals surface area contributed by atoms with E-state index in [9.17, 15) is 4.79 Å². The minimum atomic E-state index is -0.256. The van der Waals surface area contributed by atoms with Crippen molar-refractivity contribution in [2.75, 3.05) is 12.8 Å². The predicted octanol–water partition coefficient (Wildman–Crippen LogP) is 0.707. The number of nitrogens with one attached hydrogen (secondary N) is 1. The van der Waals surface area contributed by atoms with E-state index < -0.39 is 0 Å². The summed E-state index contributed by atoms with van der Waals surface area (Å²) in [4.78, 5) is 21.3. The molecule has 0 saturated carbocycles. The highest BCUT2D eigenvalue weighted by Crippen LogP contribution is 2.17. The molecule has 0 aliphatic rings. The second-order valence-corrected chi connectivity index (χ2v) is 4.07. The van der Waals surface area contributed by atoms with Crippen LogP contribution in [0.3, 0.4) is 0 Å². The maximum Gasteiger partial charge on any atom is 0.256 e. The third-order valence-electron chi connectivity index (χ3n) is 2.33. The lowest BCUT2D eigenvalue weighted by Crippen LogP contribution is -2.27. The predicted molar refractivity (Wildman–Crippen MR) is 65.8 cm³/mol. The molecule has 1 amide bonds. The van der Waals surface area contributed by atoms with Gasteiger partial charge in [0.1, 0.15) is 17.3 Å². The zero-order valence-corrected chi connectivity index (χ0v) is 10.3. The number of amides is 1. The Morgan fingerprint density at radius 1 is 1.56 bits per heavy atom. The first kappa shape index (κ1) is 12.3. The zero-order chi connectivity index (χ0) is 13.1. The standard InChI is InChI=1S/C10H11ClN6O/c1-17(4-9-14-5-15-16-9)10(18)6-2-8(11)13-3-7(6)12/h2-3,5H,4,12H2,1H3,(H,14,15,16). The van der Waals surface area contributed by atoms with Crippen molar-refractivity contribution in [3.05, 3.63) is 35.1 Å². The number of nitrogens with zero attached hydrogens (tertiary/aromatic N) is 4. The van der Waals surface area contributed by atoms with Gasteiger partial charge in [-0.05, 0) is 6.07 Å². The van der Waals surface area contributed by atoms with Crippen molar-refractivity contribution in [3.63, 3.8) is 0 Å². The quantitative estimate of drug-likeness (QED) is 0.797. The number of aromatic nitrogens is 4. The van der Waals surface area contributed by atoms with Crippen LogP contribution in [0, 0.1) is 0 Å². The van der Waals surface area contributed by atoms with E-state index in [1.54, 1.807) is 7.05 Å². The summed E-state index contributed by atoms with van der Waals surface area (Å²) in [5.41, 5.74) is 6.30. The molecule has 18 heavy (non-hydrogen) atoms. The molecule has 0 spiro atoms. The van der Waals surface area contributed by atoms with E-state index in [2.05, 4.69) is 20.2 Å². The molecule has 0 aromatic carbocycles. The molecular weight excluding hydrogens is 256 g/mol. The van der Waals surface area contributed by atoms with Gasteiger partial charge in [-0.3, -0.25) is 9.89 Å². The van der Waals surface area contributed by atoms with Gasteiger partial charge in [-0.2, -0.15) is 5.10 Å². The number of H-pyrrole nitrogens is 1. The third kappa shape index (κ3) is 2.57. The Morgan fingerprint density at radius 2 is 2.33 bits per heavy atom. The molecular formula is C10H11ClN6O. The molecule has 0 atom stereocenters. The Bertz CT molecular complexity index is 556. The lowest BCUT2D eigenvalue weighted by atomic mass is 10.2. The lowest BCUT2D eigenvalue weighted by molar-refractivity contribution is 0.0782. The van der Waals surface area contributed by atoms with Crippen LogP contribution in [-0.2, 0) is 6.54 Å². The summed E-state index contributed by atoms with van der Waals surface area (Å²) >= 11 is 5.74. The van der Waals surface area contributed by atoms with Gasteiger partial charge in [-0.25, -0.2) is 9.97 Å². The fraction of sp³-hybridized carbons (Fsp3) is 0.200. The summed E-state index contributed by atoms with van der Waals surface area (Å²) in [5, 5.41) is 6.61. The molecule has 3 N–H and O–H groups in total. The smallest absolute Gasteiger partial charge is 0.256 e. The maximum atomic E-state index is 12.1. The lowest BCUT2D eigenvalue weighted by Gasteiger charge is -2.16. The van der Waals surface area contributed by atoms with Crippen LogP contribution in [0.15, 0.2) is 18.6 Å². The van der Waals surface area contributed by atoms with Crippen LogP contribution in [0.25, 0.3) is 0 Å². The number of aromatic amines is 1. The fourth-order valence-corrected chi connectivity index (χ4v) is 1.59. The number of carbonyl (C=O) groups excluding carboxylic acids is 1. The molecule has 7 nitrogen and oxygen atoms in total. The van der Waals surface area contributed by atoms with Gasteiger partial charge < -0.3 is 10.6 Å². The average molecular weight is 267 g/mol. The number of pyridine rings is 1. The SMILES string of the molecule is CN(Cc1ncn[nH]1)C(=O)c1cc(Cl)ncc1N. The number of carbonyl (C=O) groups is 1. The summed E-state index contributed by atoms with van der Waals surface area (Å²) in [6.07, 6.45) is 2.74. The number of anilines is 1. The first-order chi connectivity index (χ1) is 8.58. The van der Waals surface area contributed by atoms with E-state index in [1.807, 2.05) is 0 Å². The van der Waals surface area contributed by atoms with Gasteiger partial charge in [0.2, 0.25) is 0 Å². The van der Waals surface area contributed by atoms with Gasteiger partial charge in [0, 0.05) is 7.05 Å². The molecule has 0 unspecified atom stereocenters. The van der Waals surface area contributed by atoms with Gasteiger partial charge >= 0.3 is 0 Å². The normalized spacial score (nSPS) is 10.3. The van der Waals surface area contributed by atoms with Crippen molar-refractivity contribution in [2.45, 2.75) is 6.54 Å². The summed E-state index contributed by atoms with van der Waals surface area (Å²) in [6.45, 7) is 0.304. The number of halogens is 1. The van der Waals surface area contributed by atoms with Crippen molar-refractivity contribution in [1.29, 1.82) is 0 Å². The molecule has 2 heterocycles.